The number of ether oxygens (including phenoxy) is 1. The average Bonchev–Trinajstić information content (AvgIpc) is 2.69. The van der Waals surface area contributed by atoms with Crippen LogP contribution >= 0.6 is 0 Å². The smallest absolute Gasteiger partial charge is 0.340 e. The minimum atomic E-state index is -1.54. The van der Waals surface area contributed by atoms with E-state index in [-0.39, 0.29) is 13.0 Å². The number of hydroxylamine groups is 2. The minimum absolute atomic E-state index is 0.0509. The SMILES string of the molecule is CN(N=O)C(=O)N[C@@H]1[C@@H](O)[C@H](O)[C@@H](COC(=O)C2CC(C)(C)N([O])C(C)(C)C2)C[C@H]1O. The molecule has 2 rings (SSSR count). The summed E-state index contributed by atoms with van der Waals surface area (Å²) in [6.45, 7) is 6.84. The molecule has 177 valence electrons. The number of hydrogen-bond acceptors (Lipinski definition) is 9. The number of aliphatic hydroxyl groups excluding tert-OH is 3. The van der Waals surface area contributed by atoms with E-state index in [0.717, 1.165) is 12.1 Å². The Bertz CT molecular complexity index is 670. The summed E-state index contributed by atoms with van der Waals surface area (Å²) in [5, 5.41) is 49.6. The molecule has 1 radical (unpaired) electrons. The summed E-state index contributed by atoms with van der Waals surface area (Å²) in [5.41, 5.74) is -1.48. The van der Waals surface area contributed by atoms with Crippen LogP contribution < -0.4 is 5.32 Å². The Labute approximate surface area is 181 Å². The van der Waals surface area contributed by atoms with E-state index in [9.17, 15) is 35.0 Å². The highest BCUT2D eigenvalue weighted by Crippen LogP contribution is 2.40. The number of carbonyl (C=O) groups is 2. The fourth-order valence-electron chi connectivity index (χ4n) is 4.67. The van der Waals surface area contributed by atoms with Gasteiger partial charge < -0.3 is 25.4 Å². The van der Waals surface area contributed by atoms with E-state index in [4.69, 9.17) is 4.74 Å². The predicted molar refractivity (Wildman–Crippen MR) is 106 cm³/mol. The number of amides is 2. The van der Waals surface area contributed by atoms with Crippen molar-refractivity contribution in [3.05, 3.63) is 4.91 Å². The number of urea groups is 1. The van der Waals surface area contributed by atoms with Crippen LogP contribution in [0.15, 0.2) is 5.29 Å². The molecular weight excluding hydrogens is 412 g/mol. The van der Waals surface area contributed by atoms with Gasteiger partial charge in [0.25, 0.3) is 0 Å². The van der Waals surface area contributed by atoms with Crippen molar-refractivity contribution in [1.82, 2.24) is 15.4 Å². The maximum absolute atomic E-state index is 12.7. The fourth-order valence-corrected chi connectivity index (χ4v) is 4.67. The molecule has 4 N–H and O–H groups in total. The van der Waals surface area contributed by atoms with Crippen molar-refractivity contribution in [2.45, 2.75) is 82.4 Å². The average molecular weight is 445 g/mol. The summed E-state index contributed by atoms with van der Waals surface area (Å²) in [6, 6.07) is -2.16. The Hall–Kier alpha value is -1.86. The Morgan fingerprint density at radius 2 is 1.68 bits per heavy atom. The Morgan fingerprint density at radius 3 is 2.19 bits per heavy atom. The Morgan fingerprint density at radius 1 is 1.13 bits per heavy atom. The van der Waals surface area contributed by atoms with Gasteiger partial charge in [-0.25, -0.2) is 4.79 Å². The van der Waals surface area contributed by atoms with Crippen LogP contribution in [0.25, 0.3) is 0 Å². The second-order valence-electron chi connectivity index (χ2n) is 9.78. The van der Waals surface area contributed by atoms with Gasteiger partial charge in [-0.15, -0.1) is 15.2 Å². The summed E-state index contributed by atoms with van der Waals surface area (Å²) in [6.07, 6.45) is -3.57. The number of nitrogens with zero attached hydrogens (tertiary/aromatic N) is 3. The molecule has 0 aromatic carbocycles. The highest BCUT2D eigenvalue weighted by atomic mass is 16.5. The van der Waals surface area contributed by atoms with Gasteiger partial charge in [-0.3, -0.25) is 4.79 Å². The van der Waals surface area contributed by atoms with E-state index in [1.807, 2.05) is 0 Å². The summed E-state index contributed by atoms with van der Waals surface area (Å²) < 4.78 is 5.39. The molecule has 0 unspecified atom stereocenters. The van der Waals surface area contributed by atoms with Gasteiger partial charge in [-0.2, -0.15) is 5.01 Å². The van der Waals surface area contributed by atoms with E-state index in [0.29, 0.717) is 17.9 Å². The van der Waals surface area contributed by atoms with Crippen molar-refractivity contribution in [2.24, 2.45) is 17.1 Å². The van der Waals surface area contributed by atoms with Crippen LogP contribution in [-0.4, -0.2) is 86.5 Å². The number of nitrogens with one attached hydrogen (secondary N) is 1. The van der Waals surface area contributed by atoms with E-state index < -0.39 is 59.3 Å². The van der Waals surface area contributed by atoms with Gasteiger partial charge in [-0.1, -0.05) is 0 Å². The van der Waals surface area contributed by atoms with Crippen LogP contribution in [0.4, 0.5) is 4.79 Å². The third-order valence-corrected chi connectivity index (χ3v) is 6.23. The molecule has 2 amide bonds. The minimum Gasteiger partial charge on any atom is -0.465 e. The summed E-state index contributed by atoms with van der Waals surface area (Å²) in [4.78, 5) is 34.8. The van der Waals surface area contributed by atoms with Gasteiger partial charge in [0.05, 0.1) is 36.1 Å². The highest BCUT2D eigenvalue weighted by molar-refractivity contribution is 5.74. The second-order valence-corrected chi connectivity index (χ2v) is 9.78. The highest BCUT2D eigenvalue weighted by Gasteiger charge is 2.49. The maximum atomic E-state index is 12.7. The fraction of sp³-hybridized carbons (Fsp3) is 0.895. The number of carbonyl (C=O) groups excluding carboxylic acids is 2. The van der Waals surface area contributed by atoms with Crippen LogP contribution in [-0.2, 0) is 14.7 Å². The van der Waals surface area contributed by atoms with Crippen LogP contribution in [0, 0.1) is 16.7 Å². The standard InChI is InChI=1S/C19H33N4O8/c1-18(2)7-11(8-19(3,4)23(18)30)16(27)31-9-10-6-12(24)13(15(26)14(10)25)20-17(28)22(5)21-29/h10-15,24-26H,6-9H2,1-5H3,(H,20,28)/t10-,12-,13+,14-,15-/m1/s1. The second kappa shape index (κ2) is 9.33. The Balaban J connectivity index is 1.96. The molecule has 31 heavy (non-hydrogen) atoms. The van der Waals surface area contributed by atoms with Gasteiger partial charge in [0, 0.05) is 24.0 Å². The molecule has 1 aliphatic heterocycles. The summed E-state index contributed by atoms with van der Waals surface area (Å²) in [5.74, 6) is -1.76. The predicted octanol–water partition coefficient (Wildman–Crippen LogP) is -0.0617. The van der Waals surface area contributed by atoms with E-state index in [2.05, 4.69) is 10.6 Å². The molecule has 12 nitrogen and oxygen atoms in total. The number of piperidine rings is 1. The van der Waals surface area contributed by atoms with Gasteiger partial charge in [0.1, 0.15) is 6.10 Å². The number of hydrogen-bond donors (Lipinski definition) is 4. The molecule has 12 heteroatoms. The van der Waals surface area contributed by atoms with Gasteiger partial charge in [-0.05, 0) is 47.0 Å². The molecule has 5 atom stereocenters. The first-order chi connectivity index (χ1) is 14.2. The van der Waals surface area contributed by atoms with Crippen molar-refractivity contribution in [3.63, 3.8) is 0 Å². The molecular formula is C19H33N4O8. The zero-order valence-corrected chi connectivity index (χ0v) is 18.5. The van der Waals surface area contributed by atoms with Gasteiger partial charge >= 0.3 is 12.0 Å². The molecule has 2 aliphatic rings. The zero-order chi connectivity index (χ0) is 23.7. The maximum Gasteiger partial charge on any atom is 0.340 e. The summed E-state index contributed by atoms with van der Waals surface area (Å²) in [7, 11) is 1.10. The molecule has 1 heterocycles. The van der Waals surface area contributed by atoms with Crippen molar-refractivity contribution >= 4 is 12.0 Å². The number of aliphatic hydroxyl groups is 3. The molecule has 0 bridgehead atoms. The molecule has 2 fully saturated rings. The lowest BCUT2D eigenvalue weighted by Crippen LogP contribution is -2.62. The third-order valence-electron chi connectivity index (χ3n) is 6.23. The summed E-state index contributed by atoms with van der Waals surface area (Å²) >= 11 is 0. The molecule has 1 saturated carbocycles. The van der Waals surface area contributed by atoms with Crippen LogP contribution in [0.1, 0.15) is 47.0 Å². The molecule has 0 spiro atoms. The molecule has 0 aromatic heterocycles. The first-order valence-corrected chi connectivity index (χ1v) is 10.3. The third kappa shape index (κ3) is 5.50. The monoisotopic (exact) mass is 445 g/mol. The number of rotatable bonds is 5. The van der Waals surface area contributed by atoms with Crippen LogP contribution in [0.2, 0.25) is 0 Å². The Kier molecular flexibility index (Phi) is 7.64. The topological polar surface area (TPSA) is 172 Å². The lowest BCUT2D eigenvalue weighted by molar-refractivity contribution is -0.293. The largest absolute Gasteiger partial charge is 0.465 e. The van der Waals surface area contributed by atoms with E-state index >= 15 is 0 Å². The van der Waals surface area contributed by atoms with Gasteiger partial charge in [0.15, 0.2) is 0 Å². The molecule has 1 saturated heterocycles. The first-order valence-electron chi connectivity index (χ1n) is 10.3. The van der Waals surface area contributed by atoms with Gasteiger partial charge in [0.2, 0.25) is 0 Å². The van der Waals surface area contributed by atoms with Crippen molar-refractivity contribution in [3.8, 4) is 0 Å². The normalized spacial score (nSPS) is 33.4. The lowest BCUT2D eigenvalue weighted by atomic mass is 9.75. The van der Waals surface area contributed by atoms with Crippen molar-refractivity contribution in [2.75, 3.05) is 13.7 Å². The van der Waals surface area contributed by atoms with E-state index in [1.165, 1.54) is 0 Å². The quantitative estimate of drug-likeness (QED) is 0.259. The first kappa shape index (κ1) is 25.4. The van der Waals surface area contributed by atoms with Crippen molar-refractivity contribution in [1.29, 1.82) is 0 Å². The van der Waals surface area contributed by atoms with Crippen molar-refractivity contribution < 1.29 is 34.9 Å². The lowest BCUT2D eigenvalue weighted by Gasteiger charge is -2.49. The number of nitroso groups, excluding NO2 is 1. The van der Waals surface area contributed by atoms with Crippen LogP contribution in [0.3, 0.4) is 0 Å². The molecule has 1 aliphatic carbocycles. The zero-order valence-electron chi connectivity index (χ0n) is 18.5. The van der Waals surface area contributed by atoms with Crippen LogP contribution in [0.5, 0.6) is 0 Å². The van der Waals surface area contributed by atoms with E-state index in [1.54, 1.807) is 27.7 Å². The molecule has 0 aromatic rings. The number of esters is 1.